The number of aromatic hydroxyl groups is 2. The summed E-state index contributed by atoms with van der Waals surface area (Å²) in [5.41, 5.74) is 4.92. The van der Waals surface area contributed by atoms with Crippen molar-refractivity contribution >= 4 is 11.8 Å². The molecule has 3 aromatic rings. The number of nitriles is 1. The quantitative estimate of drug-likeness (QED) is 0.378. The molecule has 5 aliphatic heterocycles. The normalized spacial score (nSPS) is 25.6. The molecule has 46 heavy (non-hydrogen) atoms. The van der Waals surface area contributed by atoms with Crippen LogP contribution >= 0.6 is 0 Å². The van der Waals surface area contributed by atoms with Gasteiger partial charge >= 0.3 is 0 Å². The van der Waals surface area contributed by atoms with Gasteiger partial charge in [0.1, 0.15) is 11.8 Å². The van der Waals surface area contributed by atoms with Crippen LogP contribution in [0.3, 0.4) is 0 Å². The van der Waals surface area contributed by atoms with E-state index in [0.29, 0.717) is 57.9 Å². The number of ether oxygens (including phenoxy) is 3. The minimum absolute atomic E-state index is 0. The molecule has 5 aliphatic rings. The van der Waals surface area contributed by atoms with Crippen molar-refractivity contribution in [1.82, 2.24) is 14.7 Å². The first-order valence-corrected chi connectivity index (χ1v) is 15.0. The van der Waals surface area contributed by atoms with Crippen molar-refractivity contribution in [2.75, 3.05) is 27.5 Å². The first-order valence-electron chi connectivity index (χ1n) is 15.0. The van der Waals surface area contributed by atoms with Gasteiger partial charge in [0.2, 0.25) is 6.79 Å². The second kappa shape index (κ2) is 11.1. The number of amides is 2. The van der Waals surface area contributed by atoms with Crippen LogP contribution in [0.1, 0.15) is 66.2 Å². The number of methoxy groups -OCH3 is 1. The van der Waals surface area contributed by atoms with Crippen molar-refractivity contribution in [2.45, 2.75) is 56.9 Å². The number of aryl methyl sites for hydroxylation is 1. The average molecular weight is 836 g/mol. The summed E-state index contributed by atoms with van der Waals surface area (Å²) in [4.78, 5) is 32.8. The molecule has 1 radical (unpaired) electrons. The summed E-state index contributed by atoms with van der Waals surface area (Å²) in [7, 11) is 3.49. The maximum absolute atomic E-state index is 13.7. The van der Waals surface area contributed by atoms with Gasteiger partial charge in [-0.3, -0.25) is 24.3 Å². The number of carbonyl (C=O) groups excluding carboxylic acids is 2. The summed E-state index contributed by atoms with van der Waals surface area (Å²) >= 11 is 0. The molecule has 0 aromatic heterocycles. The van der Waals surface area contributed by atoms with E-state index in [2.05, 4.69) is 15.9 Å². The molecule has 5 heterocycles. The Morgan fingerprint density at radius 1 is 1.00 bits per heavy atom. The molecule has 1 fully saturated rings. The molecule has 2 N–H and O–H groups in total. The molecule has 0 saturated carbocycles. The van der Waals surface area contributed by atoms with Gasteiger partial charge in [0.05, 0.1) is 36.4 Å². The topological polar surface area (TPSA) is 136 Å². The standard InChI is InChI=1S/C34H32N4O7.Ac/c1-15-9-17-10-21-23(12-35)38-22(27(36(21)3)25(17)29(40)30(15)43-4)11-20-26(32-31(44-14-45-32)16(2)28(20)39)24(38)13-37-33(41)18-7-5-6-8-19(18)34(37)42;/h5-9,21-24,27,39-40H,10-11,13-14H2,1-4H3;/t21-,22?,23-,24-,27?;/m0./s1. The van der Waals surface area contributed by atoms with E-state index < -0.39 is 29.9 Å². The molecule has 233 valence electrons. The Bertz CT molecular complexity index is 1860. The van der Waals surface area contributed by atoms with E-state index in [0.717, 1.165) is 16.7 Å². The van der Waals surface area contributed by atoms with Crippen molar-refractivity contribution in [1.29, 1.82) is 5.26 Å². The van der Waals surface area contributed by atoms with E-state index in [1.165, 1.54) is 12.0 Å². The summed E-state index contributed by atoms with van der Waals surface area (Å²) < 4.78 is 17.4. The summed E-state index contributed by atoms with van der Waals surface area (Å²) in [5, 5.41) is 34.1. The number of benzene rings is 3. The van der Waals surface area contributed by atoms with Crippen LogP contribution in [0.5, 0.6) is 28.7 Å². The minimum atomic E-state index is -0.706. The minimum Gasteiger partial charge on any atom is -0.507 e. The first-order chi connectivity index (χ1) is 21.7. The van der Waals surface area contributed by atoms with Crippen LogP contribution in [0.4, 0.5) is 0 Å². The van der Waals surface area contributed by atoms with Crippen LogP contribution in [0, 0.1) is 69.2 Å². The number of carbonyl (C=O) groups is 2. The van der Waals surface area contributed by atoms with E-state index in [-0.39, 0.29) is 81.0 Å². The van der Waals surface area contributed by atoms with E-state index in [1.54, 1.807) is 31.2 Å². The third-order valence-corrected chi connectivity index (χ3v) is 10.5. The molecule has 2 unspecified atom stereocenters. The second-order valence-electron chi connectivity index (χ2n) is 12.5. The fourth-order valence-electron chi connectivity index (χ4n) is 8.60. The number of piperazine rings is 1. The Labute approximate surface area is 301 Å². The molecule has 5 atom stereocenters. The molecule has 12 heteroatoms. The maximum Gasteiger partial charge on any atom is 0.261 e. The van der Waals surface area contributed by atoms with Crippen LogP contribution in [-0.2, 0) is 12.8 Å². The molecular formula is C34H32AcN4O7. The van der Waals surface area contributed by atoms with Gasteiger partial charge in [0.15, 0.2) is 23.0 Å². The van der Waals surface area contributed by atoms with Crippen LogP contribution in [-0.4, -0.2) is 82.3 Å². The molecule has 8 rings (SSSR count). The Hall–Kier alpha value is -3.35. The number of fused-ring (bicyclic) bond motifs is 10. The largest absolute Gasteiger partial charge is 0.507 e. The Morgan fingerprint density at radius 2 is 1.67 bits per heavy atom. The monoisotopic (exact) mass is 835 g/mol. The molecule has 0 aliphatic carbocycles. The van der Waals surface area contributed by atoms with Crippen molar-refractivity contribution in [3.8, 4) is 34.8 Å². The van der Waals surface area contributed by atoms with Crippen molar-refractivity contribution in [3.63, 3.8) is 0 Å². The van der Waals surface area contributed by atoms with Crippen molar-refractivity contribution < 1.29 is 78.1 Å². The van der Waals surface area contributed by atoms with Crippen molar-refractivity contribution in [2.24, 2.45) is 0 Å². The molecule has 3 aromatic carbocycles. The third-order valence-electron chi connectivity index (χ3n) is 10.5. The zero-order valence-electron chi connectivity index (χ0n) is 25.9. The van der Waals surface area contributed by atoms with Gasteiger partial charge in [-0.25, -0.2) is 0 Å². The van der Waals surface area contributed by atoms with Gasteiger partial charge in [0, 0.05) is 84.9 Å². The predicted octanol–water partition coefficient (Wildman–Crippen LogP) is 3.52. The average Bonchev–Trinajstić information content (AvgIpc) is 3.60. The number of rotatable bonds is 3. The van der Waals surface area contributed by atoms with Gasteiger partial charge < -0.3 is 24.4 Å². The van der Waals surface area contributed by atoms with Gasteiger partial charge in [-0.2, -0.15) is 5.26 Å². The van der Waals surface area contributed by atoms with Gasteiger partial charge in [0.25, 0.3) is 11.8 Å². The number of likely N-dealkylation sites (N-methyl/N-ethyl adjacent to an activating group) is 1. The van der Waals surface area contributed by atoms with Gasteiger partial charge in [-0.1, -0.05) is 18.2 Å². The van der Waals surface area contributed by atoms with Crippen LogP contribution in [0.25, 0.3) is 0 Å². The van der Waals surface area contributed by atoms with Crippen LogP contribution < -0.4 is 14.2 Å². The number of phenolic OH excluding ortho intramolecular Hbond substituents is 2. The predicted molar refractivity (Wildman–Crippen MR) is 160 cm³/mol. The summed E-state index contributed by atoms with van der Waals surface area (Å²) in [5.74, 6) is 0.583. The van der Waals surface area contributed by atoms with Gasteiger partial charge in [-0.15, -0.1) is 0 Å². The molecule has 11 nitrogen and oxygen atoms in total. The first kappa shape index (κ1) is 31.3. The number of hydrogen-bond acceptors (Lipinski definition) is 10. The Morgan fingerprint density at radius 3 is 2.33 bits per heavy atom. The van der Waals surface area contributed by atoms with Crippen LogP contribution in [0.15, 0.2) is 30.3 Å². The number of nitrogens with zero attached hydrogens (tertiary/aromatic N) is 4. The van der Waals surface area contributed by atoms with Crippen LogP contribution in [0.2, 0.25) is 0 Å². The van der Waals surface area contributed by atoms with E-state index in [9.17, 15) is 25.1 Å². The number of imide groups is 1. The van der Waals surface area contributed by atoms with E-state index >= 15 is 0 Å². The molecule has 2 amide bonds. The summed E-state index contributed by atoms with van der Waals surface area (Å²) in [6.07, 6.45) is 0.831. The molecule has 1 saturated heterocycles. The second-order valence-corrected chi connectivity index (χ2v) is 12.5. The fourth-order valence-corrected chi connectivity index (χ4v) is 8.60. The van der Waals surface area contributed by atoms with Gasteiger partial charge in [-0.05, 0) is 57.0 Å². The molecular weight excluding hydrogens is 803 g/mol. The maximum atomic E-state index is 13.7. The number of hydrogen-bond donors (Lipinski definition) is 2. The summed E-state index contributed by atoms with van der Waals surface area (Å²) in [6.45, 7) is 3.56. The zero-order valence-corrected chi connectivity index (χ0v) is 30.6. The Balaban J connectivity index is 0.00000338. The smallest absolute Gasteiger partial charge is 0.261 e. The fraction of sp³-hybridized carbons (Fsp3) is 0.382. The van der Waals surface area contributed by atoms with E-state index in [4.69, 9.17) is 14.2 Å². The number of phenols is 2. The molecule has 2 bridgehead atoms. The molecule has 0 spiro atoms. The third kappa shape index (κ3) is 4.05. The van der Waals surface area contributed by atoms with E-state index in [1.807, 2.05) is 20.0 Å². The zero-order chi connectivity index (χ0) is 31.5. The summed E-state index contributed by atoms with van der Waals surface area (Å²) in [6, 6.07) is 8.91. The SMILES string of the molecule is COc1c(C)cc2c(c1O)C1C3Cc4c(O)c(C)c5c(c4[C@H](CN4C(=O)c6ccccc6C4=O)N3[C@@H](C#N)[C@H](C2)N1C)OCO5.[Ac]. The van der Waals surface area contributed by atoms with Crippen molar-refractivity contribution in [3.05, 3.63) is 74.8 Å². The Kier molecular flexibility index (Phi) is 7.56.